The lowest BCUT2D eigenvalue weighted by atomic mass is 9.85. The highest BCUT2D eigenvalue weighted by Gasteiger charge is 2.44. The van der Waals surface area contributed by atoms with E-state index in [-0.39, 0.29) is 68.4 Å². The minimum absolute atomic E-state index is 0. The maximum absolute atomic E-state index is 15.3. The molecule has 1 aliphatic heterocycles. The molecule has 0 radical (unpaired) electrons. The molecule has 3 aromatic rings. The van der Waals surface area contributed by atoms with Gasteiger partial charge in [0.15, 0.2) is 11.6 Å². The Morgan fingerprint density at radius 1 is 1.09 bits per heavy atom. The predicted molar refractivity (Wildman–Crippen MR) is 214 cm³/mol. The van der Waals surface area contributed by atoms with Crippen molar-refractivity contribution in [2.24, 2.45) is 16.9 Å². The number of benzene rings is 2. The first-order chi connectivity index (χ1) is 25.4. The van der Waals surface area contributed by atoms with Gasteiger partial charge in [0.2, 0.25) is 23.6 Å². The van der Waals surface area contributed by atoms with Crippen molar-refractivity contribution in [1.82, 2.24) is 20.5 Å². The van der Waals surface area contributed by atoms with Crippen molar-refractivity contribution in [2.45, 2.75) is 117 Å². The molecule has 2 aromatic carbocycles. The molecule has 1 aromatic heterocycles. The Morgan fingerprint density at radius 3 is 2.40 bits per heavy atom. The summed E-state index contributed by atoms with van der Waals surface area (Å²) in [7, 11) is 0. The SMILES string of the molecule is Cc1cc(CCCCC(=O)N[C@H](C(=O)N2C[C@H](O)C[C@H]2C(=O)N[C@@H](C)c2ccc(-c3scnc3C)cc2)C(C)(C)C)c(F)c(OC[C@@H](N)CCC(N)=O)c1.Cl. The van der Waals surface area contributed by atoms with E-state index >= 15 is 4.39 Å². The van der Waals surface area contributed by atoms with Crippen LogP contribution in [0.5, 0.6) is 5.75 Å². The molecule has 1 fully saturated rings. The van der Waals surface area contributed by atoms with E-state index in [2.05, 4.69) is 15.6 Å². The summed E-state index contributed by atoms with van der Waals surface area (Å²) in [5, 5.41) is 16.5. The number of nitrogens with zero attached hydrogens (tertiary/aromatic N) is 2. The summed E-state index contributed by atoms with van der Waals surface area (Å²) in [4.78, 5) is 58.6. The Morgan fingerprint density at radius 2 is 1.78 bits per heavy atom. The van der Waals surface area contributed by atoms with E-state index in [1.807, 2.05) is 71.3 Å². The van der Waals surface area contributed by atoms with E-state index in [0.717, 1.165) is 27.3 Å². The van der Waals surface area contributed by atoms with Gasteiger partial charge >= 0.3 is 0 Å². The smallest absolute Gasteiger partial charge is 0.246 e. The van der Waals surface area contributed by atoms with Gasteiger partial charge in [0.25, 0.3) is 0 Å². The number of β-amino-alcohol motifs (C(OH)–C–C–N with tert-alkyl or cyclic N) is 1. The molecule has 4 amide bonds. The number of nitrogens with one attached hydrogen (secondary N) is 2. The van der Waals surface area contributed by atoms with Crippen molar-refractivity contribution in [1.29, 1.82) is 0 Å². The topological polar surface area (TPSA) is 190 Å². The van der Waals surface area contributed by atoms with Gasteiger partial charge in [-0.2, -0.15) is 0 Å². The van der Waals surface area contributed by atoms with Crippen molar-refractivity contribution in [3.05, 3.63) is 70.1 Å². The monoisotopic (exact) mass is 802 g/mol. The molecule has 0 aliphatic carbocycles. The highest BCUT2D eigenvalue weighted by atomic mass is 35.5. The van der Waals surface area contributed by atoms with E-state index in [0.29, 0.717) is 31.2 Å². The van der Waals surface area contributed by atoms with Gasteiger partial charge in [0.05, 0.1) is 28.2 Å². The van der Waals surface area contributed by atoms with Gasteiger partial charge in [-0.1, -0.05) is 51.1 Å². The van der Waals surface area contributed by atoms with Gasteiger partial charge in [-0.15, -0.1) is 23.7 Å². The molecule has 1 saturated heterocycles. The highest BCUT2D eigenvalue weighted by molar-refractivity contribution is 7.13. The summed E-state index contributed by atoms with van der Waals surface area (Å²) in [5.41, 5.74) is 16.4. The number of hydrogen-bond acceptors (Lipinski definition) is 9. The van der Waals surface area contributed by atoms with Crippen molar-refractivity contribution >= 4 is 47.4 Å². The number of thiazole rings is 1. The number of ether oxygens (including phenoxy) is 1. The molecule has 55 heavy (non-hydrogen) atoms. The molecule has 5 atom stereocenters. The third-order valence-electron chi connectivity index (χ3n) is 9.63. The quantitative estimate of drug-likeness (QED) is 0.117. The lowest BCUT2D eigenvalue weighted by molar-refractivity contribution is -0.144. The summed E-state index contributed by atoms with van der Waals surface area (Å²) in [5.74, 6) is -2.03. The number of halogens is 2. The Kier molecular flexibility index (Phi) is 16.6. The van der Waals surface area contributed by atoms with Crippen molar-refractivity contribution < 1.29 is 33.4 Å². The van der Waals surface area contributed by atoms with Crippen LogP contribution < -0.4 is 26.8 Å². The van der Waals surface area contributed by atoms with E-state index < -0.39 is 47.3 Å². The van der Waals surface area contributed by atoms with Crippen LogP contribution in [0.25, 0.3) is 10.4 Å². The summed E-state index contributed by atoms with van der Waals surface area (Å²) in [6.07, 6.45) is 1.07. The summed E-state index contributed by atoms with van der Waals surface area (Å²) in [6, 6.07) is 8.54. The molecule has 7 N–H and O–H groups in total. The predicted octanol–water partition coefficient (Wildman–Crippen LogP) is 5.04. The molecule has 2 heterocycles. The second kappa shape index (κ2) is 20.2. The first-order valence-electron chi connectivity index (χ1n) is 18.5. The fraction of sp³-hybridized carbons (Fsp3) is 0.525. The zero-order chi connectivity index (χ0) is 39.7. The molecule has 4 rings (SSSR count). The van der Waals surface area contributed by atoms with Gasteiger partial charge in [-0.3, -0.25) is 19.2 Å². The molecule has 0 spiro atoms. The minimum atomic E-state index is -0.950. The van der Waals surface area contributed by atoms with E-state index in [4.69, 9.17) is 16.2 Å². The van der Waals surface area contributed by atoms with Crippen LogP contribution in [0.1, 0.15) is 94.6 Å². The van der Waals surface area contributed by atoms with Crippen LogP contribution in [0, 0.1) is 25.1 Å². The third kappa shape index (κ3) is 12.7. The van der Waals surface area contributed by atoms with E-state index in [1.54, 1.807) is 23.5 Å². The molecule has 0 saturated carbocycles. The molecular weight excluding hydrogens is 747 g/mol. The summed E-state index contributed by atoms with van der Waals surface area (Å²) < 4.78 is 20.9. The standard InChI is InChI=1S/C40H55FN6O6S.ClH/c1-23-17-28(35(41)32(18-23)53-21-29(42)15-16-33(43)49)9-7-8-10-34(50)46-37(40(4,5)6)39(52)47-20-30(48)19-31(47)38(51)45-24(2)26-11-13-27(14-12-26)36-25(3)44-22-54-36;/h11-14,17-18,22,24,29-31,37,48H,7-10,15-16,19-21,42H2,1-6H3,(H2,43,49)(H,45,51)(H,46,50);1H/t24-,29-,30+,31-,37+;/m0./s1. The number of rotatable bonds is 17. The number of carbonyl (C=O) groups excluding carboxylic acids is 4. The number of aliphatic hydroxyl groups is 1. The van der Waals surface area contributed by atoms with Gasteiger partial charge in [-0.25, -0.2) is 9.37 Å². The number of carbonyl (C=O) groups is 4. The van der Waals surface area contributed by atoms with Crippen LogP contribution in [-0.2, 0) is 25.6 Å². The van der Waals surface area contributed by atoms with Crippen molar-refractivity contribution in [3.63, 3.8) is 0 Å². The molecular formula is C40H56ClFN6O6S. The lowest BCUT2D eigenvalue weighted by Gasteiger charge is -2.35. The normalized spacial score (nSPS) is 17.1. The second-order valence-electron chi connectivity index (χ2n) is 15.4. The Bertz CT molecular complexity index is 1780. The van der Waals surface area contributed by atoms with E-state index in [1.165, 1.54) is 4.90 Å². The van der Waals surface area contributed by atoms with Gasteiger partial charge in [-0.05, 0) is 80.2 Å². The fourth-order valence-electron chi connectivity index (χ4n) is 6.55. The highest BCUT2D eigenvalue weighted by Crippen LogP contribution is 2.30. The molecule has 12 nitrogen and oxygen atoms in total. The maximum Gasteiger partial charge on any atom is 0.246 e. The maximum atomic E-state index is 15.3. The zero-order valence-electron chi connectivity index (χ0n) is 32.5. The number of hydrogen-bond donors (Lipinski definition) is 5. The lowest BCUT2D eigenvalue weighted by Crippen LogP contribution is -2.57. The third-order valence-corrected chi connectivity index (χ3v) is 10.6. The largest absolute Gasteiger partial charge is 0.489 e. The number of primary amides is 1. The van der Waals surface area contributed by atoms with Crippen molar-refractivity contribution in [3.8, 4) is 16.2 Å². The van der Waals surface area contributed by atoms with Crippen molar-refractivity contribution in [2.75, 3.05) is 13.2 Å². The Labute approximate surface area is 333 Å². The first-order valence-corrected chi connectivity index (χ1v) is 19.4. The van der Waals surface area contributed by atoms with Crippen LogP contribution in [0.15, 0.2) is 41.9 Å². The second-order valence-corrected chi connectivity index (χ2v) is 16.3. The number of nitrogens with two attached hydrogens (primary N) is 2. The Balaban J connectivity index is 0.00000812. The van der Waals surface area contributed by atoms with Gasteiger partial charge in [0.1, 0.15) is 18.7 Å². The zero-order valence-corrected chi connectivity index (χ0v) is 34.2. The summed E-state index contributed by atoms with van der Waals surface area (Å²) >= 11 is 1.57. The van der Waals surface area contributed by atoms with E-state index in [9.17, 15) is 24.3 Å². The number of aliphatic hydroxyl groups excluding tert-OH is 1. The molecule has 302 valence electrons. The average molecular weight is 803 g/mol. The minimum Gasteiger partial charge on any atom is -0.489 e. The number of aromatic nitrogens is 1. The molecule has 0 bridgehead atoms. The van der Waals surface area contributed by atoms with Crippen LogP contribution in [0.3, 0.4) is 0 Å². The van der Waals surface area contributed by atoms with Crippen LogP contribution in [0.4, 0.5) is 4.39 Å². The molecule has 0 unspecified atom stereocenters. The molecule has 1 aliphatic rings. The number of likely N-dealkylation sites (tertiary alicyclic amines) is 1. The number of unbranched alkanes of at least 4 members (excludes halogenated alkanes) is 1. The van der Waals surface area contributed by atoms with Gasteiger partial charge in [0, 0.05) is 31.8 Å². The van der Waals surface area contributed by atoms with Crippen LogP contribution in [0.2, 0.25) is 0 Å². The summed E-state index contributed by atoms with van der Waals surface area (Å²) in [6.45, 7) is 11.2. The molecule has 15 heteroatoms. The van der Waals surface area contributed by atoms with Crippen LogP contribution in [-0.4, -0.2) is 76.0 Å². The number of aryl methyl sites for hydroxylation is 3. The average Bonchev–Trinajstić information content (AvgIpc) is 3.73. The van der Waals surface area contributed by atoms with Gasteiger partial charge < -0.3 is 36.8 Å². The number of amides is 4. The fourth-order valence-corrected chi connectivity index (χ4v) is 7.36. The Hall–Kier alpha value is -4.11. The first kappa shape index (κ1) is 45.3. The van der Waals surface area contributed by atoms with Crippen LogP contribution >= 0.6 is 23.7 Å².